The Labute approximate surface area is 61.9 Å². The average molecular weight is 155 g/mol. The average Bonchev–Trinajstić information content (AvgIpc) is 1.88. The quantitative estimate of drug-likeness (QED) is 0.565. The van der Waals surface area contributed by atoms with Crippen LogP contribution in [0.3, 0.4) is 0 Å². The van der Waals surface area contributed by atoms with Crippen LogP contribution in [0.4, 0.5) is 0 Å². The lowest BCUT2D eigenvalue weighted by molar-refractivity contribution is 1.21. The van der Waals surface area contributed by atoms with Gasteiger partial charge in [-0.3, -0.25) is 4.79 Å². The number of halogens is 1. The summed E-state index contributed by atoms with van der Waals surface area (Å²) in [6, 6.07) is 4.56. The molecule has 1 rings (SSSR count). The number of hydrogen-bond acceptors (Lipinski definition) is 2. The van der Waals surface area contributed by atoms with Gasteiger partial charge in [0.2, 0.25) is 0 Å². The van der Waals surface area contributed by atoms with Gasteiger partial charge in [0, 0.05) is 0 Å². The predicted octanol–water partition coefficient (Wildman–Crippen LogP) is 0.900. The summed E-state index contributed by atoms with van der Waals surface area (Å²) in [6.45, 7) is 0. The first kappa shape index (κ1) is 6.84. The topological polar surface area (TPSA) is 56.6 Å². The molecule has 0 aliphatic heterocycles. The number of nitrogens with one attached hydrogen (secondary N) is 1. The van der Waals surface area contributed by atoms with Crippen LogP contribution in [-0.2, 0) is 0 Å². The van der Waals surface area contributed by atoms with Gasteiger partial charge in [0.05, 0.1) is 0 Å². The predicted molar refractivity (Wildman–Crippen MR) is 36.8 cm³/mol. The van der Waals surface area contributed by atoms with Crippen molar-refractivity contribution in [3.8, 4) is 6.07 Å². The van der Waals surface area contributed by atoms with Gasteiger partial charge in [-0.25, -0.2) is 0 Å². The van der Waals surface area contributed by atoms with Crippen molar-refractivity contribution in [3.05, 3.63) is 33.2 Å². The van der Waals surface area contributed by atoms with E-state index in [1.54, 1.807) is 6.07 Å². The van der Waals surface area contributed by atoms with Crippen LogP contribution in [-0.4, -0.2) is 4.98 Å². The van der Waals surface area contributed by atoms with Crippen molar-refractivity contribution in [3.63, 3.8) is 0 Å². The molecule has 1 aromatic rings. The minimum absolute atomic E-state index is 0.0735. The van der Waals surface area contributed by atoms with Crippen molar-refractivity contribution < 1.29 is 0 Å². The number of aromatic amines is 1. The molecule has 0 saturated carbocycles. The smallest absolute Gasteiger partial charge is 0.266 e. The number of nitriles is 1. The van der Waals surface area contributed by atoms with Gasteiger partial charge in [0.15, 0.2) is 0 Å². The molecule has 0 fully saturated rings. The van der Waals surface area contributed by atoms with Gasteiger partial charge >= 0.3 is 0 Å². The Morgan fingerprint density at radius 3 is 2.80 bits per heavy atom. The van der Waals surface area contributed by atoms with E-state index in [9.17, 15) is 4.79 Å². The summed E-state index contributed by atoms with van der Waals surface area (Å²) in [4.78, 5) is 13.0. The summed E-state index contributed by atoms with van der Waals surface area (Å²) in [7, 11) is 0. The summed E-state index contributed by atoms with van der Waals surface area (Å²) < 4.78 is 0. The van der Waals surface area contributed by atoms with Gasteiger partial charge < -0.3 is 4.98 Å². The molecule has 50 valence electrons. The normalized spacial score (nSPS) is 8.80. The van der Waals surface area contributed by atoms with E-state index >= 15 is 0 Å². The largest absolute Gasteiger partial charge is 0.312 e. The highest BCUT2D eigenvalue weighted by Gasteiger charge is 1.95. The Morgan fingerprint density at radius 1 is 1.60 bits per heavy atom. The van der Waals surface area contributed by atoms with Crippen molar-refractivity contribution in [2.75, 3.05) is 0 Å². The summed E-state index contributed by atoms with van der Waals surface area (Å²) in [5.41, 5.74) is -0.376. The van der Waals surface area contributed by atoms with E-state index in [1.165, 1.54) is 12.1 Å². The van der Waals surface area contributed by atoms with Crippen LogP contribution in [0.25, 0.3) is 0 Å². The maximum Gasteiger partial charge on any atom is 0.266 e. The molecule has 3 nitrogen and oxygen atoms in total. The minimum atomic E-state index is -0.449. The van der Waals surface area contributed by atoms with E-state index in [2.05, 4.69) is 4.98 Å². The molecule has 0 amide bonds. The number of pyridine rings is 1. The first-order valence-electron chi connectivity index (χ1n) is 2.53. The third-order valence-electron chi connectivity index (χ3n) is 0.994. The second-order valence-corrected chi connectivity index (χ2v) is 2.07. The SMILES string of the molecule is N#Cc1ccc(Cl)[nH]c1=O. The van der Waals surface area contributed by atoms with E-state index in [0.29, 0.717) is 0 Å². The molecular weight excluding hydrogens is 152 g/mol. The lowest BCUT2D eigenvalue weighted by Crippen LogP contribution is -2.08. The molecule has 4 heteroatoms. The fourth-order valence-electron chi connectivity index (χ4n) is 0.538. The Kier molecular flexibility index (Phi) is 1.74. The number of rotatable bonds is 0. The first-order chi connectivity index (χ1) is 4.74. The molecule has 0 aromatic carbocycles. The third kappa shape index (κ3) is 1.17. The van der Waals surface area contributed by atoms with Gasteiger partial charge in [0.1, 0.15) is 16.8 Å². The summed E-state index contributed by atoms with van der Waals surface area (Å²) >= 11 is 5.41. The van der Waals surface area contributed by atoms with Crippen molar-refractivity contribution in [1.82, 2.24) is 4.98 Å². The van der Waals surface area contributed by atoms with Crippen LogP contribution in [0.15, 0.2) is 16.9 Å². The zero-order valence-electron chi connectivity index (χ0n) is 4.89. The van der Waals surface area contributed by atoms with Crippen molar-refractivity contribution in [2.24, 2.45) is 0 Å². The summed E-state index contributed by atoms with van der Waals surface area (Å²) in [5.74, 6) is 0. The molecule has 1 aromatic heterocycles. The Hall–Kier alpha value is -1.27. The van der Waals surface area contributed by atoms with Crippen LogP contribution in [0.5, 0.6) is 0 Å². The third-order valence-corrected chi connectivity index (χ3v) is 1.21. The molecule has 0 radical (unpaired) electrons. The van der Waals surface area contributed by atoms with E-state index in [0.717, 1.165) is 0 Å². The Morgan fingerprint density at radius 2 is 2.30 bits per heavy atom. The van der Waals surface area contributed by atoms with E-state index in [4.69, 9.17) is 16.9 Å². The van der Waals surface area contributed by atoms with Crippen LogP contribution in [0.1, 0.15) is 5.56 Å². The van der Waals surface area contributed by atoms with Gasteiger partial charge in [-0.1, -0.05) is 11.6 Å². The fourth-order valence-corrected chi connectivity index (χ4v) is 0.686. The van der Waals surface area contributed by atoms with E-state index < -0.39 is 5.56 Å². The van der Waals surface area contributed by atoms with Gasteiger partial charge in [-0.15, -0.1) is 0 Å². The van der Waals surface area contributed by atoms with Crippen molar-refractivity contribution in [2.45, 2.75) is 0 Å². The molecule has 0 spiro atoms. The molecule has 0 aliphatic rings. The van der Waals surface area contributed by atoms with E-state index in [-0.39, 0.29) is 10.7 Å². The molecule has 1 N–H and O–H groups in total. The number of nitrogens with zero attached hydrogens (tertiary/aromatic N) is 1. The molecule has 1 heterocycles. The summed E-state index contributed by atoms with van der Waals surface area (Å²) in [5, 5.41) is 8.54. The zero-order valence-corrected chi connectivity index (χ0v) is 5.64. The van der Waals surface area contributed by atoms with Crippen molar-refractivity contribution >= 4 is 11.6 Å². The number of H-pyrrole nitrogens is 1. The Bertz CT molecular complexity index is 336. The number of hydrogen-bond donors (Lipinski definition) is 1. The molecule has 0 bridgehead atoms. The monoisotopic (exact) mass is 154 g/mol. The molecular formula is C6H3ClN2O. The van der Waals surface area contributed by atoms with Gasteiger partial charge in [0.25, 0.3) is 5.56 Å². The lowest BCUT2D eigenvalue weighted by Gasteiger charge is -1.87. The summed E-state index contributed by atoms with van der Waals surface area (Å²) in [6.07, 6.45) is 0. The second-order valence-electron chi connectivity index (χ2n) is 1.66. The maximum atomic E-state index is 10.7. The van der Waals surface area contributed by atoms with E-state index in [1.807, 2.05) is 0 Å². The van der Waals surface area contributed by atoms with Crippen LogP contribution in [0, 0.1) is 11.3 Å². The van der Waals surface area contributed by atoms with Crippen LogP contribution in [0.2, 0.25) is 5.15 Å². The minimum Gasteiger partial charge on any atom is -0.312 e. The first-order valence-corrected chi connectivity index (χ1v) is 2.91. The molecule has 10 heavy (non-hydrogen) atoms. The zero-order chi connectivity index (χ0) is 7.56. The highest BCUT2D eigenvalue weighted by Crippen LogP contribution is 1.99. The molecule has 0 atom stereocenters. The van der Waals surface area contributed by atoms with Gasteiger partial charge in [-0.05, 0) is 12.1 Å². The Balaban J connectivity index is 3.38. The van der Waals surface area contributed by atoms with Crippen molar-refractivity contribution in [1.29, 1.82) is 5.26 Å². The molecule has 0 aliphatic carbocycles. The maximum absolute atomic E-state index is 10.7. The molecule has 0 saturated heterocycles. The number of aromatic nitrogens is 1. The fraction of sp³-hybridized carbons (Fsp3) is 0. The highest BCUT2D eigenvalue weighted by molar-refractivity contribution is 6.29. The van der Waals surface area contributed by atoms with Gasteiger partial charge in [-0.2, -0.15) is 5.26 Å². The second kappa shape index (κ2) is 2.54. The lowest BCUT2D eigenvalue weighted by atomic mass is 10.3. The molecule has 0 unspecified atom stereocenters. The standard InChI is InChI=1S/C6H3ClN2O/c7-5-2-1-4(3-8)6(10)9-5/h1-2H,(H,9,10). The van der Waals surface area contributed by atoms with Crippen LogP contribution < -0.4 is 5.56 Å². The highest BCUT2D eigenvalue weighted by atomic mass is 35.5. The van der Waals surface area contributed by atoms with Crippen LogP contribution >= 0.6 is 11.6 Å².